The Morgan fingerprint density at radius 1 is 1.09 bits per heavy atom. The zero-order valence-electron chi connectivity index (χ0n) is 17.6. The third-order valence-electron chi connectivity index (χ3n) is 5.77. The van der Waals surface area contributed by atoms with Crippen molar-refractivity contribution in [1.29, 1.82) is 0 Å². The van der Waals surface area contributed by atoms with Crippen molar-refractivity contribution < 1.29 is 14.0 Å². The van der Waals surface area contributed by atoms with E-state index in [0.717, 1.165) is 5.56 Å². The number of oxazole rings is 1. The van der Waals surface area contributed by atoms with E-state index in [1.165, 1.54) is 0 Å². The number of hydrogen-bond donors (Lipinski definition) is 2. The van der Waals surface area contributed by atoms with Gasteiger partial charge >= 0.3 is 5.76 Å². The summed E-state index contributed by atoms with van der Waals surface area (Å²) in [7, 11) is 0. The fourth-order valence-electron chi connectivity index (χ4n) is 3.91. The molecule has 1 aromatic heterocycles. The molecule has 4 rings (SSSR count). The summed E-state index contributed by atoms with van der Waals surface area (Å²) in [6.07, 6.45) is 0.820. The maximum atomic E-state index is 12.7. The first-order chi connectivity index (χ1) is 15.4. The molecule has 0 spiro atoms. The molecule has 0 radical (unpaired) electrons. The summed E-state index contributed by atoms with van der Waals surface area (Å²) in [5.41, 5.74) is 8.59. The summed E-state index contributed by atoms with van der Waals surface area (Å²) < 4.78 is 5.02. The van der Waals surface area contributed by atoms with Gasteiger partial charge in [-0.25, -0.2) is 4.79 Å². The van der Waals surface area contributed by atoms with Gasteiger partial charge in [0.1, 0.15) is 0 Å². The molecule has 0 saturated carbocycles. The fourth-order valence-corrected chi connectivity index (χ4v) is 4.04. The van der Waals surface area contributed by atoms with Gasteiger partial charge in [-0.05, 0) is 42.3 Å². The van der Waals surface area contributed by atoms with E-state index < -0.39 is 11.8 Å². The van der Waals surface area contributed by atoms with Gasteiger partial charge in [0.05, 0.1) is 11.6 Å². The second kappa shape index (κ2) is 9.68. The zero-order valence-corrected chi connectivity index (χ0v) is 18.3. The third-order valence-corrected chi connectivity index (χ3v) is 6.02. The van der Waals surface area contributed by atoms with E-state index in [0.29, 0.717) is 67.3 Å². The molecule has 9 heteroatoms. The molecule has 1 saturated heterocycles. The average Bonchev–Trinajstić information content (AvgIpc) is 3.18. The molecule has 32 heavy (non-hydrogen) atoms. The van der Waals surface area contributed by atoms with Crippen LogP contribution in [0.2, 0.25) is 5.02 Å². The van der Waals surface area contributed by atoms with Gasteiger partial charge in [0.25, 0.3) is 0 Å². The number of aromatic nitrogens is 1. The second-order valence-corrected chi connectivity index (χ2v) is 8.44. The molecule has 0 unspecified atom stereocenters. The minimum absolute atomic E-state index is 0.0146. The highest BCUT2D eigenvalue weighted by molar-refractivity contribution is 6.30. The minimum Gasteiger partial charge on any atom is -0.408 e. The van der Waals surface area contributed by atoms with Gasteiger partial charge in [0.2, 0.25) is 5.91 Å². The lowest BCUT2D eigenvalue weighted by molar-refractivity contribution is -0.134. The molecule has 1 aliphatic heterocycles. The lowest BCUT2D eigenvalue weighted by Crippen LogP contribution is -2.53. The van der Waals surface area contributed by atoms with Crippen LogP contribution in [0.25, 0.3) is 11.1 Å². The number of Topliss-reactive ketones (excluding diaryl/α,β-unsaturated/α-hetero) is 1. The number of carbonyl (C=O) groups excluding carboxylic acids is 2. The summed E-state index contributed by atoms with van der Waals surface area (Å²) >= 11 is 5.90. The number of rotatable bonds is 7. The van der Waals surface area contributed by atoms with Crippen LogP contribution in [0, 0.1) is 0 Å². The van der Waals surface area contributed by atoms with E-state index in [9.17, 15) is 14.4 Å². The lowest BCUT2D eigenvalue weighted by Gasteiger charge is -2.35. The third kappa shape index (κ3) is 5.27. The second-order valence-electron chi connectivity index (χ2n) is 8.00. The number of nitrogens with two attached hydrogens (primary N) is 1. The number of nitrogens with one attached hydrogen (secondary N) is 1. The van der Waals surface area contributed by atoms with E-state index >= 15 is 0 Å². The zero-order chi connectivity index (χ0) is 22.7. The molecule has 3 aromatic rings. The van der Waals surface area contributed by atoms with Crippen LogP contribution in [0.1, 0.15) is 22.3 Å². The van der Waals surface area contributed by atoms with Crippen molar-refractivity contribution >= 4 is 34.4 Å². The standard InChI is InChI=1S/C23H25ClN4O4/c24-17-4-1-15(2-5-17)13-18(25)22(30)28-11-9-27(10-12-28)8-7-20(29)16-3-6-19-21(14-16)32-23(31)26-19/h1-6,14,18H,7-13,25H2,(H,26,31)/t18-/m0/s1. The molecule has 1 atom stereocenters. The summed E-state index contributed by atoms with van der Waals surface area (Å²) in [5, 5.41) is 0.653. The fraction of sp³-hybridized carbons (Fsp3) is 0.348. The van der Waals surface area contributed by atoms with Crippen LogP contribution in [-0.4, -0.2) is 65.2 Å². The number of piperazine rings is 1. The van der Waals surface area contributed by atoms with Crippen LogP contribution in [0.3, 0.4) is 0 Å². The molecular weight excluding hydrogens is 432 g/mol. The first-order valence-electron chi connectivity index (χ1n) is 10.6. The van der Waals surface area contributed by atoms with Gasteiger partial charge in [-0.15, -0.1) is 0 Å². The van der Waals surface area contributed by atoms with Gasteiger partial charge in [0.15, 0.2) is 11.4 Å². The first-order valence-corrected chi connectivity index (χ1v) is 10.9. The predicted octanol–water partition coefficient (Wildman–Crippen LogP) is 2.06. The van der Waals surface area contributed by atoms with E-state index in [1.807, 2.05) is 12.1 Å². The van der Waals surface area contributed by atoms with Crippen LogP contribution < -0.4 is 11.5 Å². The van der Waals surface area contributed by atoms with Crippen molar-refractivity contribution in [2.75, 3.05) is 32.7 Å². The highest BCUT2D eigenvalue weighted by atomic mass is 35.5. The van der Waals surface area contributed by atoms with Crippen LogP contribution in [0.15, 0.2) is 51.7 Å². The number of fused-ring (bicyclic) bond motifs is 1. The molecule has 0 aliphatic carbocycles. The van der Waals surface area contributed by atoms with Crippen LogP contribution in [0.5, 0.6) is 0 Å². The molecular formula is C23H25ClN4O4. The van der Waals surface area contributed by atoms with Crippen molar-refractivity contribution in [3.63, 3.8) is 0 Å². The van der Waals surface area contributed by atoms with Gasteiger partial charge in [0, 0.05) is 49.7 Å². The maximum absolute atomic E-state index is 12.7. The van der Waals surface area contributed by atoms with Gasteiger partial charge in [-0.1, -0.05) is 23.7 Å². The highest BCUT2D eigenvalue weighted by Gasteiger charge is 2.25. The Hall–Kier alpha value is -2.94. The highest BCUT2D eigenvalue weighted by Crippen LogP contribution is 2.15. The molecule has 0 bridgehead atoms. The summed E-state index contributed by atoms with van der Waals surface area (Å²) in [5.74, 6) is -0.610. The lowest BCUT2D eigenvalue weighted by atomic mass is 10.1. The number of nitrogens with zero attached hydrogens (tertiary/aromatic N) is 2. The van der Waals surface area contributed by atoms with Crippen LogP contribution >= 0.6 is 11.6 Å². The molecule has 2 heterocycles. The minimum atomic E-state index is -0.590. The first kappa shape index (κ1) is 22.3. The smallest absolute Gasteiger partial charge is 0.408 e. The van der Waals surface area contributed by atoms with Crippen molar-refractivity contribution in [3.8, 4) is 0 Å². The Morgan fingerprint density at radius 3 is 2.53 bits per heavy atom. The van der Waals surface area contributed by atoms with Crippen LogP contribution in [0.4, 0.5) is 0 Å². The van der Waals surface area contributed by atoms with Gasteiger partial charge in [-0.3, -0.25) is 19.5 Å². The summed E-state index contributed by atoms with van der Waals surface area (Å²) in [6, 6.07) is 11.7. The number of halogens is 1. The number of benzene rings is 2. The Kier molecular flexibility index (Phi) is 6.74. The number of aromatic amines is 1. The van der Waals surface area contributed by atoms with Crippen LogP contribution in [-0.2, 0) is 11.2 Å². The number of amides is 1. The quantitative estimate of drug-likeness (QED) is 0.526. The van der Waals surface area contributed by atoms with Gasteiger partial charge < -0.3 is 15.1 Å². The Balaban J connectivity index is 1.24. The molecule has 8 nitrogen and oxygen atoms in total. The normalized spacial score (nSPS) is 15.8. The van der Waals surface area contributed by atoms with Crippen molar-refractivity contribution in [1.82, 2.24) is 14.8 Å². The number of ketones is 1. The number of hydrogen-bond acceptors (Lipinski definition) is 6. The van der Waals surface area contributed by atoms with E-state index in [1.54, 1.807) is 35.2 Å². The molecule has 3 N–H and O–H groups in total. The van der Waals surface area contributed by atoms with Crippen molar-refractivity contribution in [2.45, 2.75) is 18.9 Å². The Bertz CT molecular complexity index is 1160. The van der Waals surface area contributed by atoms with Crippen molar-refractivity contribution in [2.24, 2.45) is 5.73 Å². The SMILES string of the molecule is N[C@@H](Cc1ccc(Cl)cc1)C(=O)N1CCN(CCC(=O)c2ccc3[nH]c(=O)oc3c2)CC1. The van der Waals surface area contributed by atoms with Crippen molar-refractivity contribution in [3.05, 3.63) is 69.2 Å². The summed E-state index contributed by atoms with van der Waals surface area (Å²) in [6.45, 7) is 3.16. The summed E-state index contributed by atoms with van der Waals surface area (Å²) in [4.78, 5) is 43.0. The van der Waals surface area contributed by atoms with E-state index in [2.05, 4.69) is 9.88 Å². The largest absolute Gasteiger partial charge is 0.417 e. The van der Waals surface area contributed by atoms with E-state index in [4.69, 9.17) is 21.8 Å². The molecule has 1 aliphatic rings. The number of carbonyl (C=O) groups is 2. The number of H-pyrrole nitrogens is 1. The Morgan fingerprint density at radius 2 is 1.81 bits per heavy atom. The molecule has 168 valence electrons. The predicted molar refractivity (Wildman–Crippen MR) is 122 cm³/mol. The molecule has 1 fully saturated rings. The Labute approximate surface area is 189 Å². The molecule has 1 amide bonds. The maximum Gasteiger partial charge on any atom is 0.417 e. The molecule has 2 aromatic carbocycles. The van der Waals surface area contributed by atoms with E-state index in [-0.39, 0.29) is 11.7 Å². The topological polar surface area (TPSA) is 113 Å². The van der Waals surface area contributed by atoms with Gasteiger partial charge in [-0.2, -0.15) is 0 Å². The average molecular weight is 457 g/mol. The monoisotopic (exact) mass is 456 g/mol.